The largest absolute Gasteiger partial charge is 0.492 e. The Morgan fingerprint density at radius 2 is 2.10 bits per heavy atom. The van der Waals surface area contributed by atoms with Crippen molar-refractivity contribution in [1.82, 2.24) is 5.32 Å². The van der Waals surface area contributed by atoms with Gasteiger partial charge in [-0.1, -0.05) is 35.9 Å². The molecule has 2 aromatic rings. The predicted octanol–water partition coefficient (Wildman–Crippen LogP) is 4.30. The van der Waals surface area contributed by atoms with Crippen LogP contribution >= 0.6 is 22.9 Å². The van der Waals surface area contributed by atoms with Crippen molar-refractivity contribution in [2.24, 2.45) is 0 Å². The van der Waals surface area contributed by atoms with Crippen LogP contribution in [0.2, 0.25) is 4.34 Å². The third-order valence-corrected chi connectivity index (χ3v) is 4.03. The minimum absolute atomic E-state index is 0.646. The fourth-order valence-corrected chi connectivity index (χ4v) is 2.92. The van der Waals surface area contributed by atoms with Crippen LogP contribution in [0.15, 0.2) is 49.1 Å². The Hall–Kier alpha value is -1.29. The van der Waals surface area contributed by atoms with E-state index in [2.05, 4.69) is 18.0 Å². The highest BCUT2D eigenvalue weighted by Gasteiger charge is 2.01. The van der Waals surface area contributed by atoms with Crippen LogP contribution in [-0.2, 0) is 13.0 Å². The zero-order chi connectivity index (χ0) is 14.2. The number of nitrogens with one attached hydrogen (secondary N) is 1. The molecule has 20 heavy (non-hydrogen) atoms. The van der Waals surface area contributed by atoms with Gasteiger partial charge in [0.05, 0.1) is 4.34 Å². The normalized spacial score (nSPS) is 10.4. The Bertz CT molecular complexity index is 553. The van der Waals surface area contributed by atoms with Gasteiger partial charge in [0.2, 0.25) is 0 Å². The lowest BCUT2D eigenvalue weighted by Crippen LogP contribution is -2.20. The molecule has 1 N–H and O–H groups in total. The summed E-state index contributed by atoms with van der Waals surface area (Å²) in [4.78, 5) is 1.24. The highest BCUT2D eigenvalue weighted by atomic mass is 35.5. The van der Waals surface area contributed by atoms with Crippen LogP contribution < -0.4 is 10.1 Å². The fourth-order valence-electron chi connectivity index (χ4n) is 1.86. The third kappa shape index (κ3) is 4.67. The smallest absolute Gasteiger partial charge is 0.122 e. The molecule has 0 saturated carbocycles. The number of thiophene rings is 1. The van der Waals surface area contributed by atoms with Gasteiger partial charge in [0.25, 0.3) is 0 Å². The van der Waals surface area contributed by atoms with Gasteiger partial charge in [-0.25, -0.2) is 0 Å². The molecule has 0 fully saturated rings. The number of benzene rings is 1. The summed E-state index contributed by atoms with van der Waals surface area (Å²) in [5, 5.41) is 3.34. The molecule has 4 heteroatoms. The molecule has 0 unspecified atom stereocenters. The molecule has 1 aromatic carbocycles. The van der Waals surface area contributed by atoms with Crippen molar-refractivity contribution in [3.05, 3.63) is 63.8 Å². The summed E-state index contributed by atoms with van der Waals surface area (Å²) in [6, 6.07) is 12.0. The van der Waals surface area contributed by atoms with E-state index in [1.54, 1.807) is 11.3 Å². The van der Waals surface area contributed by atoms with Gasteiger partial charge < -0.3 is 10.1 Å². The van der Waals surface area contributed by atoms with Crippen molar-refractivity contribution < 1.29 is 4.74 Å². The first-order chi connectivity index (χ1) is 9.79. The average Bonchev–Trinajstić information content (AvgIpc) is 2.86. The van der Waals surface area contributed by atoms with Crippen LogP contribution in [0.5, 0.6) is 5.75 Å². The molecule has 0 radical (unpaired) electrons. The lowest BCUT2D eigenvalue weighted by Gasteiger charge is -2.10. The Balaban J connectivity index is 1.72. The molecule has 106 valence electrons. The van der Waals surface area contributed by atoms with Crippen molar-refractivity contribution >= 4 is 22.9 Å². The first-order valence-corrected chi connectivity index (χ1v) is 7.75. The highest BCUT2D eigenvalue weighted by Crippen LogP contribution is 2.21. The number of para-hydroxylation sites is 1. The molecule has 0 aliphatic rings. The third-order valence-electron chi connectivity index (χ3n) is 2.80. The van der Waals surface area contributed by atoms with E-state index >= 15 is 0 Å². The maximum absolute atomic E-state index is 5.89. The number of hydrogen-bond donors (Lipinski definition) is 1. The SMILES string of the molecule is C=CCc1ccccc1OCCNCc1ccc(Cl)s1. The Morgan fingerprint density at radius 1 is 1.25 bits per heavy atom. The second-order valence-electron chi connectivity index (χ2n) is 4.33. The Labute approximate surface area is 129 Å². The zero-order valence-electron chi connectivity index (χ0n) is 11.3. The first-order valence-electron chi connectivity index (χ1n) is 6.56. The molecule has 2 rings (SSSR count). The predicted molar refractivity (Wildman–Crippen MR) is 86.9 cm³/mol. The van der Waals surface area contributed by atoms with Crippen molar-refractivity contribution in [3.63, 3.8) is 0 Å². The van der Waals surface area contributed by atoms with Crippen molar-refractivity contribution in [2.75, 3.05) is 13.2 Å². The molecule has 0 atom stereocenters. The van der Waals surface area contributed by atoms with E-state index in [1.165, 1.54) is 10.4 Å². The molecule has 1 aromatic heterocycles. The van der Waals surface area contributed by atoms with Gasteiger partial charge in [0, 0.05) is 18.0 Å². The molecular formula is C16H18ClNOS. The maximum atomic E-state index is 5.89. The monoisotopic (exact) mass is 307 g/mol. The Morgan fingerprint density at radius 3 is 2.85 bits per heavy atom. The van der Waals surface area contributed by atoms with Crippen molar-refractivity contribution in [3.8, 4) is 5.75 Å². The van der Waals surface area contributed by atoms with Crippen LogP contribution in [0.3, 0.4) is 0 Å². The summed E-state index contributed by atoms with van der Waals surface area (Å²) in [6.07, 6.45) is 2.72. The van der Waals surface area contributed by atoms with Gasteiger partial charge in [0.15, 0.2) is 0 Å². The standard InChI is InChI=1S/C16H18ClNOS/c1-2-5-13-6-3-4-7-15(13)19-11-10-18-12-14-8-9-16(17)20-14/h2-4,6-9,18H,1,5,10-12H2. The summed E-state index contributed by atoms with van der Waals surface area (Å²) >= 11 is 7.49. The van der Waals surface area contributed by atoms with Crippen LogP contribution in [0.1, 0.15) is 10.4 Å². The molecule has 2 nitrogen and oxygen atoms in total. The van der Waals surface area contributed by atoms with Gasteiger partial charge in [-0.05, 0) is 30.2 Å². The van der Waals surface area contributed by atoms with Gasteiger partial charge in [0.1, 0.15) is 12.4 Å². The first kappa shape index (κ1) is 15.1. The summed E-state index contributed by atoms with van der Waals surface area (Å²) in [5.41, 5.74) is 1.17. The molecule has 0 spiro atoms. The molecule has 0 saturated heterocycles. The van der Waals surface area contributed by atoms with Crippen molar-refractivity contribution in [1.29, 1.82) is 0 Å². The van der Waals surface area contributed by atoms with E-state index in [0.717, 1.165) is 29.6 Å². The zero-order valence-corrected chi connectivity index (χ0v) is 12.8. The van der Waals surface area contributed by atoms with Crippen LogP contribution in [0.25, 0.3) is 0 Å². The average molecular weight is 308 g/mol. The quantitative estimate of drug-likeness (QED) is 0.580. The number of allylic oxidation sites excluding steroid dienone is 1. The van der Waals surface area contributed by atoms with Gasteiger partial charge in [-0.2, -0.15) is 0 Å². The number of halogens is 1. The van der Waals surface area contributed by atoms with Crippen LogP contribution in [0.4, 0.5) is 0 Å². The van der Waals surface area contributed by atoms with E-state index in [-0.39, 0.29) is 0 Å². The summed E-state index contributed by atoms with van der Waals surface area (Å²) in [6.45, 7) is 6.04. The summed E-state index contributed by atoms with van der Waals surface area (Å²) in [5.74, 6) is 0.938. The number of hydrogen-bond acceptors (Lipinski definition) is 3. The molecule has 0 amide bonds. The molecule has 0 bridgehead atoms. The van der Waals surface area contributed by atoms with E-state index in [0.29, 0.717) is 6.61 Å². The molecule has 0 aliphatic heterocycles. The van der Waals surface area contributed by atoms with E-state index in [9.17, 15) is 0 Å². The number of ether oxygens (including phenoxy) is 1. The lowest BCUT2D eigenvalue weighted by atomic mass is 10.1. The minimum atomic E-state index is 0.646. The summed E-state index contributed by atoms with van der Waals surface area (Å²) in [7, 11) is 0. The van der Waals surface area contributed by atoms with Crippen LogP contribution in [0, 0.1) is 0 Å². The van der Waals surface area contributed by atoms with Gasteiger partial charge in [-0.3, -0.25) is 0 Å². The maximum Gasteiger partial charge on any atom is 0.122 e. The minimum Gasteiger partial charge on any atom is -0.492 e. The topological polar surface area (TPSA) is 21.3 Å². The number of rotatable bonds is 8. The van der Waals surface area contributed by atoms with E-state index in [4.69, 9.17) is 16.3 Å². The molecule has 1 heterocycles. The van der Waals surface area contributed by atoms with Gasteiger partial charge >= 0.3 is 0 Å². The van der Waals surface area contributed by atoms with Crippen LogP contribution in [-0.4, -0.2) is 13.2 Å². The van der Waals surface area contributed by atoms with Gasteiger partial charge in [-0.15, -0.1) is 17.9 Å². The second-order valence-corrected chi connectivity index (χ2v) is 6.13. The van der Waals surface area contributed by atoms with E-state index < -0.39 is 0 Å². The van der Waals surface area contributed by atoms with E-state index in [1.807, 2.05) is 36.4 Å². The lowest BCUT2D eigenvalue weighted by molar-refractivity contribution is 0.311. The molecular weight excluding hydrogens is 290 g/mol. The summed E-state index contributed by atoms with van der Waals surface area (Å²) < 4.78 is 6.63. The second kappa shape index (κ2) is 8.10. The molecule has 0 aliphatic carbocycles. The fraction of sp³-hybridized carbons (Fsp3) is 0.250. The highest BCUT2D eigenvalue weighted by molar-refractivity contribution is 7.16. The Kier molecular flexibility index (Phi) is 6.12. The van der Waals surface area contributed by atoms with Crippen molar-refractivity contribution in [2.45, 2.75) is 13.0 Å².